The van der Waals surface area contributed by atoms with Gasteiger partial charge in [0.05, 0.1) is 33.4 Å². The number of primary amides is 1. The second kappa shape index (κ2) is 10.2. The maximum Gasteiger partial charge on any atom is 0.316 e. The van der Waals surface area contributed by atoms with Crippen molar-refractivity contribution in [1.29, 1.82) is 0 Å². The molecule has 8 nitrogen and oxygen atoms in total. The Morgan fingerprint density at radius 1 is 1.15 bits per heavy atom. The van der Waals surface area contributed by atoms with E-state index >= 15 is 8.78 Å². The van der Waals surface area contributed by atoms with E-state index in [0.29, 0.717) is 40.6 Å². The minimum atomic E-state index is -1.11. The summed E-state index contributed by atoms with van der Waals surface area (Å²) in [6.45, 7) is 8.00. The van der Waals surface area contributed by atoms with Crippen LogP contribution >= 0.6 is 11.6 Å². The van der Waals surface area contributed by atoms with Crippen LogP contribution in [0.25, 0.3) is 16.9 Å². The minimum Gasteiger partial charge on any atom is -0.386 e. The van der Waals surface area contributed by atoms with E-state index in [0.717, 1.165) is 34.6 Å². The second-order valence-corrected chi connectivity index (χ2v) is 10.9. The van der Waals surface area contributed by atoms with E-state index in [9.17, 15) is 9.90 Å². The first-order chi connectivity index (χ1) is 18.8. The fraction of sp³-hybridized carbons (Fsp3) is 0.276. The standard InChI is InChI=1S/C29H29ClF2N6O2/c1-15-6-5-7-16(2)25(15)38-26(18-11-22(32)24(12-21(18)31)35-28(33)39)19-14-37(9-8-23(19)36-38)27-20(30)10-17(13-34-27)29(3,4)40/h5-7,10-13,40H,8-9,14H2,1-4H3,(H3,33,35,39). The lowest BCUT2D eigenvalue weighted by atomic mass is 9.98. The van der Waals surface area contributed by atoms with E-state index in [1.165, 1.54) is 0 Å². The molecule has 1 aliphatic heterocycles. The van der Waals surface area contributed by atoms with Crippen molar-refractivity contribution >= 4 is 29.1 Å². The van der Waals surface area contributed by atoms with E-state index in [1.54, 1.807) is 30.8 Å². The molecule has 0 fully saturated rings. The van der Waals surface area contributed by atoms with Gasteiger partial charge < -0.3 is 21.1 Å². The number of nitrogens with two attached hydrogens (primary N) is 1. The molecule has 0 aliphatic carbocycles. The molecule has 208 valence electrons. The molecule has 0 saturated carbocycles. The van der Waals surface area contributed by atoms with E-state index in [-0.39, 0.29) is 17.8 Å². The van der Waals surface area contributed by atoms with Crippen molar-refractivity contribution in [1.82, 2.24) is 14.8 Å². The monoisotopic (exact) mass is 566 g/mol. The van der Waals surface area contributed by atoms with Crippen molar-refractivity contribution < 1.29 is 18.7 Å². The molecule has 0 radical (unpaired) electrons. The predicted molar refractivity (Wildman–Crippen MR) is 151 cm³/mol. The number of aliphatic hydroxyl groups is 1. The van der Waals surface area contributed by atoms with Gasteiger partial charge in [-0.05, 0) is 51.0 Å². The number of carbonyl (C=O) groups is 1. The first-order valence-electron chi connectivity index (χ1n) is 12.7. The van der Waals surface area contributed by atoms with Crippen LogP contribution in [0, 0.1) is 25.5 Å². The lowest BCUT2D eigenvalue weighted by molar-refractivity contribution is 0.0782. The van der Waals surface area contributed by atoms with Crippen LogP contribution in [0.4, 0.5) is 25.1 Å². The molecule has 1 aliphatic rings. The average molecular weight is 567 g/mol. The van der Waals surface area contributed by atoms with E-state index in [1.807, 2.05) is 36.9 Å². The number of benzene rings is 2. The third-order valence-corrected chi connectivity index (χ3v) is 7.36. The zero-order chi connectivity index (χ0) is 28.9. The second-order valence-electron chi connectivity index (χ2n) is 10.5. The molecule has 11 heteroatoms. The highest BCUT2D eigenvalue weighted by Gasteiger charge is 2.31. The van der Waals surface area contributed by atoms with Gasteiger partial charge in [-0.1, -0.05) is 29.8 Å². The quantitative estimate of drug-likeness (QED) is 0.284. The van der Waals surface area contributed by atoms with Crippen molar-refractivity contribution in [3.63, 3.8) is 0 Å². The van der Waals surface area contributed by atoms with Crippen molar-refractivity contribution in [2.24, 2.45) is 5.73 Å². The Labute approximate surface area is 235 Å². The average Bonchev–Trinajstić information content (AvgIpc) is 3.23. The fourth-order valence-electron chi connectivity index (χ4n) is 5.09. The maximum atomic E-state index is 15.7. The Hall–Kier alpha value is -4.02. The normalized spacial score (nSPS) is 13.3. The molecule has 4 aromatic rings. The zero-order valence-electron chi connectivity index (χ0n) is 22.5. The Bertz CT molecular complexity index is 1630. The first kappa shape index (κ1) is 27.5. The molecular formula is C29H29ClF2N6O2. The first-order valence-corrected chi connectivity index (χ1v) is 13.1. The summed E-state index contributed by atoms with van der Waals surface area (Å²) in [5.74, 6) is -1.07. The lowest BCUT2D eigenvalue weighted by Gasteiger charge is -2.29. The highest BCUT2D eigenvalue weighted by Crippen LogP contribution is 2.39. The number of anilines is 2. The summed E-state index contributed by atoms with van der Waals surface area (Å²) >= 11 is 6.61. The number of aryl methyl sites for hydroxylation is 2. The number of hydrogen-bond donors (Lipinski definition) is 3. The van der Waals surface area contributed by atoms with Crippen molar-refractivity contribution in [2.75, 3.05) is 16.8 Å². The van der Waals surface area contributed by atoms with Crippen LogP contribution in [0.3, 0.4) is 0 Å². The van der Waals surface area contributed by atoms with Gasteiger partial charge in [0.25, 0.3) is 0 Å². The van der Waals surface area contributed by atoms with Crippen LogP contribution in [0.5, 0.6) is 0 Å². The molecule has 3 heterocycles. The summed E-state index contributed by atoms with van der Waals surface area (Å²) in [5, 5.41) is 17.7. The van der Waals surface area contributed by atoms with E-state index in [4.69, 9.17) is 22.4 Å². The summed E-state index contributed by atoms with van der Waals surface area (Å²) in [6, 6.07) is 8.43. The molecule has 4 N–H and O–H groups in total. The van der Waals surface area contributed by atoms with Crippen LogP contribution in [0.15, 0.2) is 42.6 Å². The van der Waals surface area contributed by atoms with Crippen molar-refractivity contribution in [2.45, 2.75) is 46.3 Å². The number of para-hydroxylation sites is 1. The fourth-order valence-corrected chi connectivity index (χ4v) is 5.37. The number of nitrogens with one attached hydrogen (secondary N) is 1. The minimum absolute atomic E-state index is 0.0118. The van der Waals surface area contributed by atoms with Gasteiger partial charge in [-0.15, -0.1) is 0 Å². The summed E-state index contributed by atoms with van der Waals surface area (Å²) in [7, 11) is 0. The van der Waals surface area contributed by atoms with Crippen LogP contribution in [0.1, 0.15) is 41.8 Å². The number of nitrogens with zero attached hydrogens (tertiary/aromatic N) is 4. The van der Waals surface area contributed by atoms with Crippen molar-refractivity contribution in [3.05, 3.63) is 87.2 Å². The van der Waals surface area contributed by atoms with Crippen molar-refractivity contribution in [3.8, 4) is 16.9 Å². The van der Waals surface area contributed by atoms with Crippen LogP contribution < -0.4 is 16.0 Å². The molecule has 5 rings (SSSR count). The smallest absolute Gasteiger partial charge is 0.316 e. The van der Waals surface area contributed by atoms with Gasteiger partial charge in [0, 0.05) is 48.5 Å². The van der Waals surface area contributed by atoms with Gasteiger partial charge in [0.15, 0.2) is 0 Å². The highest BCUT2D eigenvalue weighted by atomic mass is 35.5. The Kier molecular flexibility index (Phi) is 7.01. The SMILES string of the molecule is Cc1cccc(C)c1-n1nc2c(c1-c1cc(F)c(NC(N)=O)cc1F)CN(c1ncc(C(C)(C)O)cc1Cl)CC2. The number of urea groups is 1. The van der Waals surface area contributed by atoms with Gasteiger partial charge in [-0.2, -0.15) is 5.10 Å². The highest BCUT2D eigenvalue weighted by molar-refractivity contribution is 6.33. The number of pyridine rings is 1. The summed E-state index contributed by atoms with van der Waals surface area (Å²) in [6.07, 6.45) is 2.09. The molecule has 0 spiro atoms. The van der Waals surface area contributed by atoms with Crippen LogP contribution in [-0.2, 0) is 18.6 Å². The summed E-state index contributed by atoms with van der Waals surface area (Å²) in [5.41, 5.74) is 8.66. The number of rotatable bonds is 5. The Morgan fingerprint density at radius 3 is 2.48 bits per heavy atom. The van der Waals surface area contributed by atoms with Gasteiger partial charge in [-0.25, -0.2) is 23.2 Å². The van der Waals surface area contributed by atoms with Gasteiger partial charge in [-0.3, -0.25) is 0 Å². The van der Waals surface area contributed by atoms with E-state index in [2.05, 4.69) is 10.3 Å². The van der Waals surface area contributed by atoms with Gasteiger partial charge >= 0.3 is 6.03 Å². The molecule has 2 amide bonds. The Balaban J connectivity index is 1.68. The number of amides is 2. The lowest BCUT2D eigenvalue weighted by Crippen LogP contribution is -2.31. The van der Waals surface area contributed by atoms with E-state index < -0.39 is 23.3 Å². The number of hydrogen-bond acceptors (Lipinski definition) is 5. The summed E-state index contributed by atoms with van der Waals surface area (Å²) < 4.78 is 32.5. The van der Waals surface area contributed by atoms with Crippen LogP contribution in [0.2, 0.25) is 5.02 Å². The molecule has 0 unspecified atom stereocenters. The third kappa shape index (κ3) is 5.00. The molecular weight excluding hydrogens is 538 g/mol. The zero-order valence-corrected chi connectivity index (χ0v) is 23.3. The predicted octanol–water partition coefficient (Wildman–Crippen LogP) is 5.76. The number of carbonyl (C=O) groups excluding carboxylic acids is 1. The number of fused-ring (bicyclic) bond motifs is 1. The van der Waals surface area contributed by atoms with Crippen LogP contribution in [-0.4, -0.2) is 32.4 Å². The molecule has 0 bridgehead atoms. The van der Waals surface area contributed by atoms with Gasteiger partial charge in [0.2, 0.25) is 0 Å². The Morgan fingerprint density at radius 2 is 1.85 bits per heavy atom. The third-order valence-electron chi connectivity index (χ3n) is 7.08. The number of aromatic nitrogens is 3. The molecule has 2 aromatic heterocycles. The molecule has 0 atom stereocenters. The molecule has 2 aromatic carbocycles. The molecule has 40 heavy (non-hydrogen) atoms. The topological polar surface area (TPSA) is 109 Å². The number of halogens is 3. The van der Waals surface area contributed by atoms with Gasteiger partial charge in [0.1, 0.15) is 17.5 Å². The summed E-state index contributed by atoms with van der Waals surface area (Å²) in [4.78, 5) is 17.8. The largest absolute Gasteiger partial charge is 0.386 e. The molecule has 0 saturated heterocycles. The maximum absolute atomic E-state index is 15.7.